The van der Waals surface area contributed by atoms with E-state index in [0.717, 1.165) is 24.0 Å². The fourth-order valence-electron chi connectivity index (χ4n) is 2.14. The molecule has 17 heavy (non-hydrogen) atoms. The third kappa shape index (κ3) is 1.63. The number of rotatable bonds is 3. The molecule has 0 N–H and O–H groups in total. The van der Waals surface area contributed by atoms with Crippen LogP contribution in [0.5, 0.6) is 0 Å². The Hall–Kier alpha value is -1.43. The summed E-state index contributed by atoms with van der Waals surface area (Å²) in [5.41, 5.74) is 0. The first-order valence-corrected chi connectivity index (χ1v) is 6.75. The van der Waals surface area contributed by atoms with Crippen LogP contribution in [0.15, 0.2) is 18.5 Å². The van der Waals surface area contributed by atoms with Gasteiger partial charge >= 0.3 is 0 Å². The third-order valence-electron chi connectivity index (χ3n) is 3.41. The molecule has 88 valence electrons. The van der Waals surface area contributed by atoms with E-state index < -0.39 is 0 Å². The Morgan fingerprint density at radius 1 is 1.29 bits per heavy atom. The van der Waals surface area contributed by atoms with Crippen molar-refractivity contribution < 1.29 is 0 Å². The van der Waals surface area contributed by atoms with Gasteiger partial charge in [-0.3, -0.25) is 4.68 Å². The van der Waals surface area contributed by atoms with E-state index in [1.807, 2.05) is 23.1 Å². The van der Waals surface area contributed by atoms with Crippen LogP contribution in [-0.2, 0) is 0 Å². The highest BCUT2D eigenvalue weighted by Gasteiger charge is 2.33. The molecule has 1 saturated carbocycles. The minimum Gasteiger partial charge on any atom is -0.342 e. The summed E-state index contributed by atoms with van der Waals surface area (Å²) in [4.78, 5) is 6.90. The van der Waals surface area contributed by atoms with Gasteiger partial charge in [0, 0.05) is 42.9 Å². The van der Waals surface area contributed by atoms with Gasteiger partial charge in [0.25, 0.3) is 0 Å². The quantitative estimate of drug-likeness (QED) is 0.828. The molecule has 0 bridgehead atoms. The molecule has 0 aromatic carbocycles. The van der Waals surface area contributed by atoms with Crippen LogP contribution in [0.3, 0.4) is 0 Å². The third-order valence-corrected chi connectivity index (χ3v) is 4.20. The standard InChI is InChI=1S/C11H13N5S/c1-4-12-16(5-1)9-6-15(7-9)11-13-10(14-17-11)8-2-3-8/h1,4-5,8-9H,2-3,6-7H2. The molecule has 0 amide bonds. The SMILES string of the molecule is c1cnn(C2CN(c3nc(C4CC4)ns3)C2)c1. The van der Waals surface area contributed by atoms with Gasteiger partial charge in [-0.15, -0.1) is 0 Å². The molecule has 0 spiro atoms. The minimum absolute atomic E-state index is 0.498. The van der Waals surface area contributed by atoms with E-state index in [0.29, 0.717) is 12.0 Å². The fourth-order valence-corrected chi connectivity index (χ4v) is 2.90. The lowest BCUT2D eigenvalue weighted by Crippen LogP contribution is -2.48. The van der Waals surface area contributed by atoms with E-state index in [4.69, 9.17) is 0 Å². The Balaban J connectivity index is 1.44. The molecule has 5 nitrogen and oxygen atoms in total. The Morgan fingerprint density at radius 3 is 2.88 bits per heavy atom. The van der Waals surface area contributed by atoms with Gasteiger partial charge < -0.3 is 4.90 Å². The maximum Gasteiger partial charge on any atom is 0.205 e. The number of nitrogens with zero attached hydrogens (tertiary/aromatic N) is 5. The van der Waals surface area contributed by atoms with Crippen LogP contribution in [0, 0.1) is 0 Å². The Labute approximate surface area is 103 Å². The fraction of sp³-hybridized carbons (Fsp3) is 0.545. The van der Waals surface area contributed by atoms with Gasteiger partial charge in [-0.05, 0) is 18.9 Å². The van der Waals surface area contributed by atoms with Crippen molar-refractivity contribution in [1.29, 1.82) is 0 Å². The first-order chi connectivity index (χ1) is 8.40. The number of anilines is 1. The van der Waals surface area contributed by atoms with Gasteiger partial charge in [-0.25, -0.2) is 4.98 Å². The number of hydrogen-bond acceptors (Lipinski definition) is 5. The highest BCUT2D eigenvalue weighted by atomic mass is 32.1. The van der Waals surface area contributed by atoms with E-state index in [-0.39, 0.29) is 0 Å². The summed E-state index contributed by atoms with van der Waals surface area (Å²) in [6.07, 6.45) is 6.40. The molecule has 1 aliphatic carbocycles. The summed E-state index contributed by atoms with van der Waals surface area (Å²) >= 11 is 1.54. The number of hydrogen-bond donors (Lipinski definition) is 0. The maximum atomic E-state index is 4.61. The second kappa shape index (κ2) is 3.53. The zero-order valence-electron chi connectivity index (χ0n) is 9.36. The molecule has 2 aromatic heterocycles. The van der Waals surface area contributed by atoms with Crippen LogP contribution in [0.2, 0.25) is 0 Å². The molecular weight excluding hydrogens is 234 g/mol. The molecule has 0 unspecified atom stereocenters. The van der Waals surface area contributed by atoms with Gasteiger partial charge in [0.2, 0.25) is 5.13 Å². The van der Waals surface area contributed by atoms with E-state index in [2.05, 4.69) is 19.4 Å². The van der Waals surface area contributed by atoms with Gasteiger partial charge in [0.15, 0.2) is 0 Å². The van der Waals surface area contributed by atoms with Crippen molar-refractivity contribution in [2.75, 3.05) is 18.0 Å². The first kappa shape index (κ1) is 9.58. The zero-order chi connectivity index (χ0) is 11.2. The Bertz CT molecular complexity index is 510. The van der Waals surface area contributed by atoms with Crippen molar-refractivity contribution >= 4 is 16.7 Å². The molecule has 2 aliphatic rings. The molecule has 2 aromatic rings. The summed E-state index contributed by atoms with van der Waals surface area (Å²) in [6, 6.07) is 2.47. The van der Waals surface area contributed by atoms with E-state index in [9.17, 15) is 0 Å². The predicted molar refractivity (Wildman–Crippen MR) is 65.4 cm³/mol. The molecular formula is C11H13N5S. The molecule has 0 atom stereocenters. The van der Waals surface area contributed by atoms with Gasteiger partial charge in [0.1, 0.15) is 5.82 Å². The van der Waals surface area contributed by atoms with Gasteiger partial charge in [-0.2, -0.15) is 9.47 Å². The van der Waals surface area contributed by atoms with Crippen LogP contribution in [0.4, 0.5) is 5.13 Å². The molecule has 3 heterocycles. The van der Waals surface area contributed by atoms with Crippen molar-refractivity contribution in [2.45, 2.75) is 24.8 Å². The van der Waals surface area contributed by atoms with Crippen molar-refractivity contribution in [2.24, 2.45) is 0 Å². The Morgan fingerprint density at radius 2 is 2.18 bits per heavy atom. The lowest BCUT2D eigenvalue weighted by Gasteiger charge is -2.38. The Kier molecular flexibility index (Phi) is 1.99. The van der Waals surface area contributed by atoms with Crippen LogP contribution in [0.1, 0.15) is 30.6 Å². The molecule has 1 saturated heterocycles. The second-order valence-corrected chi connectivity index (χ2v) is 5.48. The average molecular weight is 247 g/mol. The van der Waals surface area contributed by atoms with Crippen LogP contribution in [-0.4, -0.2) is 32.2 Å². The highest BCUT2D eigenvalue weighted by molar-refractivity contribution is 7.09. The second-order valence-electron chi connectivity index (χ2n) is 4.75. The first-order valence-electron chi connectivity index (χ1n) is 5.98. The van der Waals surface area contributed by atoms with Crippen LogP contribution >= 0.6 is 11.5 Å². The molecule has 0 radical (unpaired) electrons. The van der Waals surface area contributed by atoms with Crippen molar-refractivity contribution in [3.63, 3.8) is 0 Å². The van der Waals surface area contributed by atoms with Crippen LogP contribution < -0.4 is 4.90 Å². The smallest absolute Gasteiger partial charge is 0.205 e. The summed E-state index contributed by atoms with van der Waals surface area (Å²) in [5, 5.41) is 5.35. The van der Waals surface area contributed by atoms with E-state index in [1.54, 1.807) is 0 Å². The maximum absolute atomic E-state index is 4.61. The number of aromatic nitrogens is 4. The lowest BCUT2D eigenvalue weighted by molar-refractivity contribution is 0.368. The molecule has 4 rings (SSSR count). The normalized spacial score (nSPS) is 20.6. The highest BCUT2D eigenvalue weighted by Crippen LogP contribution is 2.40. The zero-order valence-corrected chi connectivity index (χ0v) is 10.2. The van der Waals surface area contributed by atoms with Crippen molar-refractivity contribution in [3.05, 3.63) is 24.3 Å². The molecule has 6 heteroatoms. The lowest BCUT2D eigenvalue weighted by atomic mass is 10.1. The molecule has 1 aliphatic heterocycles. The topological polar surface area (TPSA) is 46.8 Å². The summed E-state index contributed by atoms with van der Waals surface area (Å²) in [7, 11) is 0. The van der Waals surface area contributed by atoms with Gasteiger partial charge in [-0.1, -0.05) is 0 Å². The van der Waals surface area contributed by atoms with Gasteiger partial charge in [0.05, 0.1) is 6.04 Å². The van der Waals surface area contributed by atoms with Crippen LogP contribution in [0.25, 0.3) is 0 Å². The summed E-state index contributed by atoms with van der Waals surface area (Å²) in [5.74, 6) is 1.72. The molecule has 2 fully saturated rings. The minimum atomic E-state index is 0.498. The summed E-state index contributed by atoms with van der Waals surface area (Å²) in [6.45, 7) is 2.00. The summed E-state index contributed by atoms with van der Waals surface area (Å²) < 4.78 is 6.46. The van der Waals surface area contributed by atoms with Crippen molar-refractivity contribution in [3.8, 4) is 0 Å². The van der Waals surface area contributed by atoms with Crippen molar-refractivity contribution in [1.82, 2.24) is 19.1 Å². The largest absolute Gasteiger partial charge is 0.342 e. The predicted octanol–water partition coefficient (Wildman–Crippen LogP) is 1.67. The monoisotopic (exact) mass is 247 g/mol. The van der Waals surface area contributed by atoms with E-state index >= 15 is 0 Å². The van der Waals surface area contributed by atoms with E-state index in [1.165, 1.54) is 24.4 Å². The average Bonchev–Trinajstić information content (AvgIpc) is 2.79.